The predicted molar refractivity (Wildman–Crippen MR) is 51.4 cm³/mol. The van der Waals surface area contributed by atoms with Gasteiger partial charge < -0.3 is 10.2 Å². The van der Waals surface area contributed by atoms with E-state index in [-0.39, 0.29) is 0 Å². The molecular weight excluding hydrogens is 164 g/mol. The summed E-state index contributed by atoms with van der Waals surface area (Å²) in [5.74, 6) is 0.824. The lowest BCUT2D eigenvalue weighted by molar-refractivity contribution is -0.136. The predicted octanol–water partition coefficient (Wildman–Crippen LogP) is 0.605. The largest absolute Gasteiger partial charge is 0.340 e. The summed E-state index contributed by atoms with van der Waals surface area (Å²) in [6, 6.07) is 1.18. The lowest BCUT2D eigenvalue weighted by Crippen LogP contribution is -2.67. The topological polar surface area (TPSA) is 32.3 Å². The third kappa shape index (κ3) is 1.85. The molecule has 1 N–H and O–H groups in total. The molecule has 3 heterocycles. The van der Waals surface area contributed by atoms with Crippen LogP contribution in [0.5, 0.6) is 0 Å². The van der Waals surface area contributed by atoms with E-state index in [0.717, 1.165) is 13.1 Å². The van der Waals surface area contributed by atoms with Crippen molar-refractivity contribution in [2.75, 3.05) is 13.1 Å². The molecule has 0 aliphatic carbocycles. The minimum Gasteiger partial charge on any atom is -0.340 e. The summed E-state index contributed by atoms with van der Waals surface area (Å²) in [6.07, 6.45) is 1.98. The number of piperazine rings is 1. The quantitative estimate of drug-likeness (QED) is 0.678. The Kier molecular flexibility index (Phi) is 2.28. The van der Waals surface area contributed by atoms with Gasteiger partial charge in [-0.05, 0) is 12.3 Å². The summed E-state index contributed by atoms with van der Waals surface area (Å²) in [5, 5.41) is 3.42. The van der Waals surface area contributed by atoms with Crippen LogP contribution in [0.4, 0.5) is 0 Å². The number of fused-ring (bicyclic) bond motifs is 2. The molecule has 0 saturated carbocycles. The highest BCUT2D eigenvalue weighted by Gasteiger charge is 2.37. The van der Waals surface area contributed by atoms with Crippen LogP contribution in [0.1, 0.15) is 26.7 Å². The lowest BCUT2D eigenvalue weighted by atomic mass is 9.91. The molecule has 0 aromatic rings. The number of hydrogen-bond donors (Lipinski definition) is 1. The summed E-state index contributed by atoms with van der Waals surface area (Å²) in [7, 11) is 0. The SMILES string of the molecule is CC(C)CC(=O)N1CC2CC(C1)N2. The van der Waals surface area contributed by atoms with Gasteiger partial charge >= 0.3 is 0 Å². The molecule has 3 aliphatic rings. The third-order valence-electron chi connectivity index (χ3n) is 2.86. The Morgan fingerprint density at radius 1 is 1.46 bits per heavy atom. The van der Waals surface area contributed by atoms with Crippen LogP contribution in [0.3, 0.4) is 0 Å². The molecule has 3 heteroatoms. The molecule has 0 radical (unpaired) electrons. The number of nitrogens with zero attached hydrogens (tertiary/aromatic N) is 1. The average Bonchev–Trinajstić information content (AvgIpc) is 2.02. The van der Waals surface area contributed by atoms with E-state index in [1.54, 1.807) is 0 Å². The Morgan fingerprint density at radius 3 is 2.46 bits per heavy atom. The number of hydrogen-bond acceptors (Lipinski definition) is 2. The maximum Gasteiger partial charge on any atom is 0.222 e. The van der Waals surface area contributed by atoms with Crippen LogP contribution in [0.15, 0.2) is 0 Å². The van der Waals surface area contributed by atoms with Gasteiger partial charge in [-0.3, -0.25) is 4.79 Å². The Balaban J connectivity index is 1.84. The minimum absolute atomic E-state index is 0.339. The number of piperidine rings is 1. The van der Waals surface area contributed by atoms with Gasteiger partial charge in [-0.15, -0.1) is 0 Å². The van der Waals surface area contributed by atoms with E-state index in [1.807, 2.05) is 4.90 Å². The average molecular weight is 182 g/mol. The molecule has 0 aromatic heterocycles. The molecule has 3 fully saturated rings. The van der Waals surface area contributed by atoms with E-state index in [4.69, 9.17) is 0 Å². The third-order valence-corrected chi connectivity index (χ3v) is 2.86. The number of nitrogens with one attached hydrogen (secondary N) is 1. The summed E-state index contributed by atoms with van der Waals surface area (Å²) >= 11 is 0. The minimum atomic E-state index is 0.339. The fourth-order valence-electron chi connectivity index (χ4n) is 2.20. The van der Waals surface area contributed by atoms with Crippen molar-refractivity contribution in [3.05, 3.63) is 0 Å². The monoisotopic (exact) mass is 182 g/mol. The highest BCUT2D eigenvalue weighted by molar-refractivity contribution is 5.76. The van der Waals surface area contributed by atoms with Gasteiger partial charge in [0.2, 0.25) is 5.91 Å². The lowest BCUT2D eigenvalue weighted by Gasteiger charge is -2.48. The first-order valence-electron chi connectivity index (χ1n) is 5.19. The first kappa shape index (κ1) is 9.00. The molecule has 3 aliphatic heterocycles. The Bertz CT molecular complexity index is 199. The number of rotatable bonds is 2. The smallest absolute Gasteiger partial charge is 0.222 e. The fraction of sp³-hybridized carbons (Fsp3) is 0.900. The number of carbonyl (C=O) groups is 1. The van der Waals surface area contributed by atoms with Crippen molar-refractivity contribution in [3.63, 3.8) is 0 Å². The maximum absolute atomic E-state index is 11.7. The zero-order valence-corrected chi connectivity index (χ0v) is 8.42. The first-order valence-corrected chi connectivity index (χ1v) is 5.19. The Hall–Kier alpha value is -0.570. The number of amides is 1. The molecular formula is C10H18N2O. The second-order valence-corrected chi connectivity index (χ2v) is 4.69. The van der Waals surface area contributed by atoms with Gasteiger partial charge in [0, 0.05) is 31.6 Å². The van der Waals surface area contributed by atoms with Crippen molar-refractivity contribution in [1.82, 2.24) is 10.2 Å². The molecule has 74 valence electrons. The van der Waals surface area contributed by atoms with E-state index in [0.29, 0.717) is 30.3 Å². The van der Waals surface area contributed by atoms with Crippen molar-refractivity contribution in [3.8, 4) is 0 Å². The molecule has 2 bridgehead atoms. The van der Waals surface area contributed by atoms with Gasteiger partial charge in [0.05, 0.1) is 0 Å². The highest BCUT2D eigenvalue weighted by atomic mass is 16.2. The standard InChI is InChI=1S/C10H18N2O/c1-7(2)3-10(13)12-5-8-4-9(6-12)11-8/h7-9,11H,3-6H2,1-2H3. The van der Waals surface area contributed by atoms with Crippen LogP contribution < -0.4 is 5.32 Å². The van der Waals surface area contributed by atoms with Crippen LogP contribution in [0, 0.1) is 5.92 Å². The molecule has 0 aromatic carbocycles. The molecule has 2 atom stereocenters. The van der Waals surface area contributed by atoms with Gasteiger partial charge in [0.1, 0.15) is 0 Å². The van der Waals surface area contributed by atoms with E-state index < -0.39 is 0 Å². The Morgan fingerprint density at radius 2 is 2.00 bits per heavy atom. The molecule has 13 heavy (non-hydrogen) atoms. The molecule has 2 unspecified atom stereocenters. The van der Waals surface area contributed by atoms with Crippen molar-refractivity contribution < 1.29 is 4.79 Å². The summed E-state index contributed by atoms with van der Waals surface area (Å²) in [4.78, 5) is 13.7. The van der Waals surface area contributed by atoms with Crippen LogP contribution in [0.25, 0.3) is 0 Å². The number of carbonyl (C=O) groups excluding carboxylic acids is 1. The van der Waals surface area contributed by atoms with Crippen LogP contribution in [0.2, 0.25) is 0 Å². The van der Waals surface area contributed by atoms with E-state index in [2.05, 4.69) is 19.2 Å². The van der Waals surface area contributed by atoms with Crippen molar-refractivity contribution in [2.24, 2.45) is 5.92 Å². The van der Waals surface area contributed by atoms with Gasteiger partial charge in [-0.2, -0.15) is 0 Å². The van der Waals surface area contributed by atoms with Gasteiger partial charge in [0.15, 0.2) is 0 Å². The van der Waals surface area contributed by atoms with Gasteiger partial charge in [-0.25, -0.2) is 0 Å². The first-order chi connectivity index (χ1) is 6.15. The molecule has 3 nitrogen and oxygen atoms in total. The highest BCUT2D eigenvalue weighted by Crippen LogP contribution is 2.21. The zero-order valence-electron chi connectivity index (χ0n) is 8.42. The van der Waals surface area contributed by atoms with Crippen LogP contribution in [-0.2, 0) is 4.79 Å². The van der Waals surface area contributed by atoms with Crippen LogP contribution >= 0.6 is 0 Å². The second kappa shape index (κ2) is 3.29. The van der Waals surface area contributed by atoms with Gasteiger partial charge in [-0.1, -0.05) is 13.8 Å². The zero-order chi connectivity index (χ0) is 9.42. The summed E-state index contributed by atoms with van der Waals surface area (Å²) < 4.78 is 0. The van der Waals surface area contributed by atoms with Gasteiger partial charge in [0.25, 0.3) is 0 Å². The summed E-state index contributed by atoms with van der Waals surface area (Å²) in [6.45, 7) is 6.06. The normalized spacial score (nSPS) is 31.8. The molecule has 1 amide bonds. The Labute approximate surface area is 79.5 Å². The van der Waals surface area contributed by atoms with Crippen molar-refractivity contribution in [1.29, 1.82) is 0 Å². The maximum atomic E-state index is 11.7. The van der Waals surface area contributed by atoms with E-state index >= 15 is 0 Å². The van der Waals surface area contributed by atoms with Crippen molar-refractivity contribution >= 4 is 5.91 Å². The molecule has 3 saturated heterocycles. The van der Waals surface area contributed by atoms with Crippen LogP contribution in [-0.4, -0.2) is 36.0 Å². The molecule has 0 spiro atoms. The van der Waals surface area contributed by atoms with Crippen molar-refractivity contribution in [2.45, 2.75) is 38.8 Å². The second-order valence-electron chi connectivity index (χ2n) is 4.69. The summed E-state index contributed by atoms with van der Waals surface area (Å²) in [5.41, 5.74) is 0. The van der Waals surface area contributed by atoms with E-state index in [9.17, 15) is 4.79 Å². The van der Waals surface area contributed by atoms with E-state index in [1.165, 1.54) is 6.42 Å². The molecule has 3 rings (SSSR count). The fourth-order valence-corrected chi connectivity index (χ4v) is 2.20.